The van der Waals surface area contributed by atoms with Crippen molar-refractivity contribution in [3.05, 3.63) is 29.3 Å². The molecule has 0 saturated heterocycles. The number of hydrogen-bond donors (Lipinski definition) is 1. The largest absolute Gasteiger partial charge is 0.311 e. The summed E-state index contributed by atoms with van der Waals surface area (Å²) in [5.41, 5.74) is -1.74. The minimum Gasteiger partial charge on any atom is -0.311 e. The summed E-state index contributed by atoms with van der Waals surface area (Å²) in [6.07, 6.45) is -1.32. The number of fused-ring (bicyclic) bond motifs is 1. The van der Waals surface area contributed by atoms with Crippen LogP contribution in [0.15, 0.2) is 0 Å². The second kappa shape index (κ2) is 2.66. The molecule has 74 valence electrons. The molecule has 2 aromatic rings. The van der Waals surface area contributed by atoms with Crippen LogP contribution in [0, 0.1) is 29.3 Å². The van der Waals surface area contributed by atoms with Gasteiger partial charge in [-0.1, -0.05) is 0 Å². The van der Waals surface area contributed by atoms with Crippen LogP contribution in [0.2, 0.25) is 0 Å². The fraction of sp³-hybridized carbons (Fsp3) is 0. The zero-order valence-electron chi connectivity index (χ0n) is 6.34. The standard InChI is InChI=1S/C7HF5N2/c8-1-2(9)4(11)6-5(3(1)10)13-7(12)14-6/h(H,13,14). The number of H-pyrrole nitrogens is 1. The third-order valence-electron chi connectivity index (χ3n) is 1.68. The van der Waals surface area contributed by atoms with Crippen molar-refractivity contribution in [3.63, 3.8) is 0 Å². The van der Waals surface area contributed by atoms with Crippen molar-refractivity contribution in [1.82, 2.24) is 9.97 Å². The number of imidazole rings is 1. The number of nitrogens with one attached hydrogen (secondary N) is 1. The third-order valence-corrected chi connectivity index (χ3v) is 1.68. The van der Waals surface area contributed by atoms with Crippen molar-refractivity contribution < 1.29 is 22.0 Å². The van der Waals surface area contributed by atoms with E-state index in [1.165, 1.54) is 0 Å². The predicted molar refractivity (Wildman–Crippen MR) is 35.9 cm³/mol. The number of aromatic nitrogens is 2. The third kappa shape index (κ3) is 0.980. The molecule has 14 heavy (non-hydrogen) atoms. The van der Waals surface area contributed by atoms with E-state index in [1.54, 1.807) is 4.98 Å². The summed E-state index contributed by atoms with van der Waals surface area (Å²) in [7, 11) is 0. The van der Waals surface area contributed by atoms with E-state index in [0.29, 0.717) is 0 Å². The molecule has 1 N–H and O–H groups in total. The minimum absolute atomic E-state index is 0.834. The van der Waals surface area contributed by atoms with E-state index in [4.69, 9.17) is 0 Å². The van der Waals surface area contributed by atoms with Crippen molar-refractivity contribution in [2.75, 3.05) is 0 Å². The van der Waals surface area contributed by atoms with Gasteiger partial charge in [0, 0.05) is 0 Å². The van der Waals surface area contributed by atoms with Gasteiger partial charge in [-0.3, -0.25) is 0 Å². The lowest BCUT2D eigenvalue weighted by Crippen LogP contribution is -1.97. The van der Waals surface area contributed by atoms with Crippen LogP contribution < -0.4 is 0 Å². The predicted octanol–water partition coefficient (Wildman–Crippen LogP) is 2.26. The fourth-order valence-corrected chi connectivity index (χ4v) is 1.07. The first kappa shape index (κ1) is 8.92. The molecule has 1 aromatic heterocycles. The molecular weight excluding hydrogens is 207 g/mol. The number of rotatable bonds is 0. The molecule has 1 heterocycles. The SMILES string of the molecule is Fc1nc2c(F)c(F)c(F)c(F)c2[nH]1. The zero-order valence-corrected chi connectivity index (χ0v) is 6.34. The maximum absolute atomic E-state index is 12.8. The van der Waals surface area contributed by atoms with Crippen LogP contribution in [0.4, 0.5) is 22.0 Å². The Hall–Kier alpha value is -1.66. The van der Waals surface area contributed by atoms with Gasteiger partial charge in [-0.25, -0.2) is 17.6 Å². The van der Waals surface area contributed by atoms with Gasteiger partial charge in [0.1, 0.15) is 11.0 Å². The number of hydrogen-bond acceptors (Lipinski definition) is 1. The molecular formula is C7HF5N2. The summed E-state index contributed by atoms with van der Waals surface area (Å²) < 4.78 is 63.2. The topological polar surface area (TPSA) is 28.7 Å². The Kier molecular flexibility index (Phi) is 1.70. The highest BCUT2D eigenvalue weighted by molar-refractivity contribution is 5.76. The first-order valence-electron chi connectivity index (χ1n) is 3.39. The Morgan fingerprint density at radius 2 is 1.36 bits per heavy atom. The van der Waals surface area contributed by atoms with E-state index in [-0.39, 0.29) is 0 Å². The fourth-order valence-electron chi connectivity index (χ4n) is 1.07. The van der Waals surface area contributed by atoms with Crippen LogP contribution >= 0.6 is 0 Å². The first-order valence-corrected chi connectivity index (χ1v) is 3.39. The van der Waals surface area contributed by atoms with Gasteiger partial charge in [-0.05, 0) is 0 Å². The molecule has 0 saturated carbocycles. The van der Waals surface area contributed by atoms with Crippen LogP contribution in [0.1, 0.15) is 0 Å². The Morgan fingerprint density at radius 3 is 2.00 bits per heavy atom. The minimum atomic E-state index is -2.01. The van der Waals surface area contributed by atoms with Gasteiger partial charge >= 0.3 is 0 Å². The molecule has 2 rings (SSSR count). The number of aromatic amines is 1. The highest BCUT2D eigenvalue weighted by atomic mass is 19.2. The molecule has 0 atom stereocenters. The van der Waals surface area contributed by atoms with Gasteiger partial charge < -0.3 is 4.98 Å². The second-order valence-corrected chi connectivity index (χ2v) is 2.51. The Bertz CT molecular complexity index is 474. The first-order chi connectivity index (χ1) is 6.52. The average Bonchev–Trinajstić information content (AvgIpc) is 2.54. The molecule has 0 bridgehead atoms. The van der Waals surface area contributed by atoms with E-state index in [9.17, 15) is 22.0 Å². The van der Waals surface area contributed by atoms with Gasteiger partial charge in [-0.2, -0.15) is 9.37 Å². The maximum atomic E-state index is 12.8. The molecule has 7 heteroatoms. The van der Waals surface area contributed by atoms with Gasteiger partial charge in [0.15, 0.2) is 23.3 Å². The quantitative estimate of drug-likeness (QED) is 0.401. The van der Waals surface area contributed by atoms with Gasteiger partial charge in [0.25, 0.3) is 6.08 Å². The van der Waals surface area contributed by atoms with Crippen LogP contribution in [-0.2, 0) is 0 Å². The summed E-state index contributed by atoms with van der Waals surface area (Å²) in [4.78, 5) is 4.47. The maximum Gasteiger partial charge on any atom is 0.287 e. The summed E-state index contributed by atoms with van der Waals surface area (Å²) in [5.74, 6) is -7.44. The van der Waals surface area contributed by atoms with Crippen LogP contribution in [-0.4, -0.2) is 9.97 Å². The molecule has 0 amide bonds. The van der Waals surface area contributed by atoms with Crippen molar-refractivity contribution in [2.24, 2.45) is 0 Å². The van der Waals surface area contributed by atoms with Crippen LogP contribution in [0.3, 0.4) is 0 Å². The summed E-state index contributed by atoms with van der Waals surface area (Å²) >= 11 is 0. The van der Waals surface area contributed by atoms with Crippen LogP contribution in [0.5, 0.6) is 0 Å². The van der Waals surface area contributed by atoms with Crippen molar-refractivity contribution in [2.45, 2.75) is 0 Å². The van der Waals surface area contributed by atoms with E-state index < -0.39 is 40.4 Å². The number of nitrogens with zero attached hydrogens (tertiary/aromatic N) is 1. The van der Waals surface area contributed by atoms with Crippen molar-refractivity contribution >= 4 is 11.0 Å². The molecule has 0 unspecified atom stereocenters. The molecule has 0 aliphatic heterocycles. The Labute approximate surface area is 73.4 Å². The molecule has 0 aliphatic rings. The lowest BCUT2D eigenvalue weighted by molar-refractivity contribution is 0.417. The lowest BCUT2D eigenvalue weighted by Gasteiger charge is -1.97. The highest BCUT2D eigenvalue weighted by Crippen LogP contribution is 2.24. The number of halogens is 5. The summed E-state index contributed by atoms with van der Waals surface area (Å²) in [5, 5.41) is 0. The van der Waals surface area contributed by atoms with E-state index >= 15 is 0 Å². The summed E-state index contributed by atoms with van der Waals surface area (Å²) in [6, 6.07) is 0. The molecule has 2 nitrogen and oxygen atoms in total. The second-order valence-electron chi connectivity index (χ2n) is 2.51. The van der Waals surface area contributed by atoms with Gasteiger partial charge in [0.2, 0.25) is 0 Å². The van der Waals surface area contributed by atoms with E-state index in [0.717, 1.165) is 0 Å². The summed E-state index contributed by atoms with van der Waals surface area (Å²) in [6.45, 7) is 0. The van der Waals surface area contributed by atoms with E-state index in [1.807, 2.05) is 0 Å². The van der Waals surface area contributed by atoms with Crippen molar-refractivity contribution in [1.29, 1.82) is 0 Å². The Morgan fingerprint density at radius 1 is 0.786 bits per heavy atom. The normalized spacial score (nSPS) is 11.2. The molecule has 0 radical (unpaired) electrons. The van der Waals surface area contributed by atoms with Gasteiger partial charge in [0.05, 0.1) is 0 Å². The highest BCUT2D eigenvalue weighted by Gasteiger charge is 2.23. The molecule has 0 fully saturated rings. The smallest absolute Gasteiger partial charge is 0.287 e. The Balaban J connectivity index is 3.01. The monoisotopic (exact) mass is 208 g/mol. The zero-order chi connectivity index (χ0) is 10.5. The molecule has 1 aromatic carbocycles. The van der Waals surface area contributed by atoms with Crippen LogP contribution in [0.25, 0.3) is 11.0 Å². The lowest BCUT2D eigenvalue weighted by atomic mass is 10.2. The number of benzene rings is 1. The van der Waals surface area contributed by atoms with Gasteiger partial charge in [-0.15, -0.1) is 0 Å². The molecule has 0 aliphatic carbocycles. The average molecular weight is 208 g/mol. The van der Waals surface area contributed by atoms with E-state index in [2.05, 4.69) is 4.98 Å². The van der Waals surface area contributed by atoms with Crippen molar-refractivity contribution in [3.8, 4) is 0 Å². The molecule has 0 spiro atoms.